The second-order valence-electron chi connectivity index (χ2n) is 11.7. The molecular weight excluding hydrogens is 635 g/mol. The second-order valence-corrected chi connectivity index (χ2v) is 11.7. The number of nitrogens with zero attached hydrogens (tertiary/aromatic N) is 4. The number of rotatable bonds is 16. The van der Waals surface area contributed by atoms with Crippen molar-refractivity contribution in [1.29, 1.82) is 0 Å². The Morgan fingerprint density at radius 3 is 2.10 bits per heavy atom. The number of anilines is 1. The molecule has 0 spiro atoms. The molecule has 13 nitrogen and oxygen atoms in total. The quantitative estimate of drug-likeness (QED) is 0.125. The van der Waals surface area contributed by atoms with E-state index in [0.29, 0.717) is 56.1 Å². The monoisotopic (exact) mass is 680 g/mol. The van der Waals surface area contributed by atoms with Crippen molar-refractivity contribution in [2.45, 2.75) is 58.3 Å². The third-order valence-corrected chi connectivity index (χ3v) is 8.05. The molecule has 0 radical (unpaired) electrons. The van der Waals surface area contributed by atoms with Crippen LogP contribution in [0, 0.1) is 5.82 Å². The lowest BCUT2D eigenvalue weighted by Gasteiger charge is -2.35. The second kappa shape index (κ2) is 19.6. The summed E-state index contributed by atoms with van der Waals surface area (Å²) in [6.45, 7) is 6.14. The number of nitrogens with two attached hydrogens (primary N) is 1. The Bertz CT molecular complexity index is 1620. The summed E-state index contributed by atoms with van der Waals surface area (Å²) in [5.41, 5.74) is 6.37. The highest BCUT2D eigenvalue weighted by molar-refractivity contribution is 6.06. The van der Waals surface area contributed by atoms with Gasteiger partial charge in [0.25, 0.3) is 5.91 Å². The van der Waals surface area contributed by atoms with E-state index in [2.05, 4.69) is 27.1 Å². The molecule has 3 aromatic rings. The van der Waals surface area contributed by atoms with Gasteiger partial charge in [-0.15, -0.1) is 5.10 Å². The Balaban J connectivity index is 0.000000723. The first-order valence-corrected chi connectivity index (χ1v) is 16.5. The molecule has 264 valence electrons. The van der Waals surface area contributed by atoms with E-state index in [1.807, 2.05) is 0 Å². The number of carbonyl (C=O) groups excluding carboxylic acids is 3. The number of aromatic nitrogens is 2. The molecule has 1 aliphatic rings. The molecule has 0 unspecified atom stereocenters. The maximum atomic E-state index is 14.2. The van der Waals surface area contributed by atoms with Crippen molar-refractivity contribution in [2.75, 3.05) is 44.2 Å². The number of benzene rings is 2. The average Bonchev–Trinajstić information content (AvgIpc) is 3.46. The first kappa shape index (κ1) is 38.3. The molecule has 49 heavy (non-hydrogen) atoms. The van der Waals surface area contributed by atoms with Crippen LogP contribution in [-0.2, 0) is 9.59 Å². The molecule has 0 aliphatic carbocycles. The number of amides is 2. The Labute approximate surface area is 284 Å². The van der Waals surface area contributed by atoms with Gasteiger partial charge in [-0.2, -0.15) is 4.68 Å². The summed E-state index contributed by atoms with van der Waals surface area (Å²) in [6.07, 6.45) is 9.36. The summed E-state index contributed by atoms with van der Waals surface area (Å²) in [5.74, 6) is -3.27. The van der Waals surface area contributed by atoms with E-state index < -0.39 is 17.8 Å². The summed E-state index contributed by atoms with van der Waals surface area (Å²) in [4.78, 5) is 60.8. The fourth-order valence-corrected chi connectivity index (χ4v) is 5.48. The Morgan fingerprint density at radius 2 is 1.49 bits per heavy atom. The van der Waals surface area contributed by atoms with Crippen LogP contribution >= 0.6 is 0 Å². The van der Waals surface area contributed by atoms with Gasteiger partial charge in [0.15, 0.2) is 5.82 Å². The minimum atomic E-state index is -1.26. The van der Waals surface area contributed by atoms with Crippen LogP contribution in [0.1, 0.15) is 83.8 Å². The largest absolute Gasteiger partial charge is 0.478 e. The van der Waals surface area contributed by atoms with E-state index in [4.69, 9.17) is 15.9 Å². The van der Waals surface area contributed by atoms with Gasteiger partial charge < -0.3 is 26.2 Å². The van der Waals surface area contributed by atoms with Crippen LogP contribution in [0.4, 0.5) is 10.2 Å². The number of carbonyl (C=O) groups is 5. The normalized spacial score (nSPS) is 13.2. The van der Waals surface area contributed by atoms with Crippen LogP contribution in [0.25, 0.3) is 10.9 Å². The first-order valence-electron chi connectivity index (χ1n) is 16.5. The molecule has 0 bridgehead atoms. The van der Waals surface area contributed by atoms with E-state index in [1.54, 1.807) is 30.3 Å². The van der Waals surface area contributed by atoms with Crippen molar-refractivity contribution in [3.8, 4) is 0 Å². The topological polar surface area (TPSA) is 188 Å². The molecule has 5 N–H and O–H groups in total. The zero-order valence-corrected chi connectivity index (χ0v) is 27.8. The van der Waals surface area contributed by atoms with Crippen LogP contribution in [0.3, 0.4) is 0 Å². The van der Waals surface area contributed by atoms with Crippen LogP contribution in [-0.4, -0.2) is 93.8 Å². The van der Waals surface area contributed by atoms with Crippen molar-refractivity contribution < 1.29 is 38.6 Å². The Hall–Kier alpha value is -5.11. The van der Waals surface area contributed by atoms with Crippen molar-refractivity contribution in [3.63, 3.8) is 0 Å². The number of fused-ring (bicyclic) bond motifs is 1. The molecule has 1 aliphatic heterocycles. The maximum Gasteiger partial charge on any atom is 0.328 e. The van der Waals surface area contributed by atoms with Gasteiger partial charge in [-0.1, -0.05) is 57.6 Å². The highest BCUT2D eigenvalue weighted by Crippen LogP contribution is 2.28. The number of carboxylic acid groups (broad SMARTS) is 2. The summed E-state index contributed by atoms with van der Waals surface area (Å²) in [7, 11) is 0. The standard InChI is InChI=1S/C31H41FN6O3.C4H4O4/c1-2-3-4-5-6-7-8-13-28(39)38-27-22-23(32)14-15-26(27)30(35-38)37-20-18-36(19-21-37)17-16-34-31(41)25-12-10-9-11-24(25)29(33)40;5-3(6)1-2-4(7)8/h9-12,14-15,22H,2-8,13,16-21H2,1H3,(H2,33,40)(H,34,41);1-2H,(H,5,6)(H,7,8). The van der Waals surface area contributed by atoms with Gasteiger partial charge in [-0.25, -0.2) is 14.0 Å². The third kappa shape index (κ3) is 12.1. The van der Waals surface area contributed by atoms with Crippen molar-refractivity contribution in [2.24, 2.45) is 5.73 Å². The molecule has 0 atom stereocenters. The van der Waals surface area contributed by atoms with E-state index in [1.165, 1.54) is 42.5 Å². The molecule has 1 fully saturated rings. The average molecular weight is 681 g/mol. The molecule has 1 aromatic heterocycles. The van der Waals surface area contributed by atoms with Gasteiger partial charge >= 0.3 is 11.9 Å². The van der Waals surface area contributed by atoms with Gasteiger partial charge in [0.1, 0.15) is 5.82 Å². The lowest BCUT2D eigenvalue weighted by molar-refractivity contribution is -0.134. The molecule has 0 saturated carbocycles. The molecule has 2 heterocycles. The number of piperazine rings is 1. The number of hydrogen-bond acceptors (Lipinski definition) is 8. The molecule has 1 saturated heterocycles. The maximum absolute atomic E-state index is 14.2. The van der Waals surface area contributed by atoms with Crippen LogP contribution in [0.5, 0.6) is 0 Å². The number of nitrogens with one attached hydrogen (secondary N) is 1. The number of unbranched alkanes of at least 4 members (excludes halogenated alkanes) is 6. The van der Waals surface area contributed by atoms with E-state index in [9.17, 15) is 28.4 Å². The fourth-order valence-electron chi connectivity index (χ4n) is 5.48. The lowest BCUT2D eigenvalue weighted by Crippen LogP contribution is -2.48. The van der Waals surface area contributed by atoms with Gasteiger partial charge in [-0.05, 0) is 30.7 Å². The summed E-state index contributed by atoms with van der Waals surface area (Å²) in [5, 5.41) is 23.9. The molecule has 4 rings (SSSR count). The zero-order valence-electron chi connectivity index (χ0n) is 27.8. The first-order chi connectivity index (χ1) is 23.5. The van der Waals surface area contributed by atoms with Crippen LogP contribution in [0.2, 0.25) is 0 Å². The number of hydrogen-bond donors (Lipinski definition) is 4. The SMILES string of the molecule is CCCCCCCCCC(=O)n1nc(N2CCN(CCNC(=O)c3ccccc3C(N)=O)CC2)c2ccc(F)cc21.O=C(O)C=CC(=O)O. The Morgan fingerprint density at radius 1 is 0.878 bits per heavy atom. The minimum absolute atomic E-state index is 0.104. The van der Waals surface area contributed by atoms with Crippen molar-refractivity contribution in [1.82, 2.24) is 20.0 Å². The summed E-state index contributed by atoms with van der Waals surface area (Å²) >= 11 is 0. The van der Waals surface area contributed by atoms with Gasteiger partial charge in [0, 0.05) is 69.3 Å². The molecule has 2 amide bonds. The van der Waals surface area contributed by atoms with Crippen molar-refractivity contribution >= 4 is 46.4 Å². The van der Waals surface area contributed by atoms with Gasteiger partial charge in [0.2, 0.25) is 11.8 Å². The van der Waals surface area contributed by atoms with E-state index in [0.717, 1.165) is 37.7 Å². The van der Waals surface area contributed by atoms with Gasteiger partial charge in [-0.3, -0.25) is 19.3 Å². The summed E-state index contributed by atoms with van der Waals surface area (Å²) < 4.78 is 15.5. The van der Waals surface area contributed by atoms with Crippen LogP contribution in [0.15, 0.2) is 54.6 Å². The molecular formula is C35H45FN6O7. The van der Waals surface area contributed by atoms with Crippen LogP contribution < -0.4 is 16.0 Å². The Kier molecular flexibility index (Phi) is 15.4. The predicted octanol–water partition coefficient (Wildman–Crippen LogP) is 4.32. The number of halogens is 1. The lowest BCUT2D eigenvalue weighted by atomic mass is 10.1. The fraction of sp³-hybridized carbons (Fsp3) is 0.429. The highest BCUT2D eigenvalue weighted by atomic mass is 19.1. The van der Waals surface area contributed by atoms with Crippen molar-refractivity contribution in [3.05, 3.63) is 71.6 Å². The summed E-state index contributed by atoms with van der Waals surface area (Å²) in [6, 6.07) is 11.0. The van der Waals surface area contributed by atoms with Gasteiger partial charge in [0.05, 0.1) is 16.6 Å². The number of primary amides is 1. The molecule has 2 aromatic carbocycles. The zero-order chi connectivity index (χ0) is 35.8. The van der Waals surface area contributed by atoms with E-state index in [-0.39, 0.29) is 28.8 Å². The number of carboxylic acids is 2. The number of aliphatic carboxylic acids is 2. The third-order valence-electron chi connectivity index (χ3n) is 8.05. The highest BCUT2D eigenvalue weighted by Gasteiger charge is 2.24. The minimum Gasteiger partial charge on any atom is -0.478 e. The van der Waals surface area contributed by atoms with E-state index >= 15 is 0 Å². The molecule has 14 heteroatoms. The predicted molar refractivity (Wildman–Crippen MR) is 183 cm³/mol. The smallest absolute Gasteiger partial charge is 0.328 e.